The number of carbonyl (C=O) groups excluding carboxylic acids is 4. The largest absolute Gasteiger partial charge is 0.508 e. The molecule has 0 atom stereocenters. The Bertz CT molecular complexity index is 4700. The van der Waals surface area contributed by atoms with Crippen molar-refractivity contribution in [2.45, 2.75) is 194 Å². The third kappa shape index (κ3) is 28.7. The maximum Gasteiger partial charge on any atom is 0.493 e. The molecule has 0 bridgehead atoms. The van der Waals surface area contributed by atoms with Gasteiger partial charge in [0.2, 0.25) is 5.91 Å². The highest BCUT2D eigenvalue weighted by molar-refractivity contribution is 9.10. The number of amides is 4. The van der Waals surface area contributed by atoms with E-state index in [1.54, 1.807) is 101 Å². The minimum Gasteiger partial charge on any atom is -0.508 e. The lowest BCUT2D eigenvalue weighted by molar-refractivity contribution is -0.127. The van der Waals surface area contributed by atoms with Gasteiger partial charge in [-0.1, -0.05) is 34.5 Å². The molecular formula is C91H110BBrN8O18. The van der Waals surface area contributed by atoms with Gasteiger partial charge in [0.25, 0.3) is 0 Å². The fraction of sp³-hybridized carbons (Fsp3) is 0.473. The van der Waals surface area contributed by atoms with Crippen LogP contribution in [-0.4, -0.2) is 195 Å². The first-order chi connectivity index (χ1) is 56.3. The molecule has 0 saturated carbocycles. The maximum absolute atomic E-state index is 12.3. The smallest absolute Gasteiger partial charge is 0.493 e. The molecule has 6 aromatic carbocycles. The monoisotopic (exact) mass is 1690 g/mol. The van der Waals surface area contributed by atoms with Crippen molar-refractivity contribution in [3.05, 3.63) is 172 Å². The third-order valence-electron chi connectivity index (χ3n) is 19.7. The van der Waals surface area contributed by atoms with Gasteiger partial charge in [0, 0.05) is 119 Å². The SMILES string of the molecule is [C-]#[N+]c1cc(Br)cc(OC2CCN(C(=O)OC(C)(C)C)CC2)c1.[C-]#[N+]c1cc(OC2CCN(C(=O)C=C)CC2)cc(-c2cc(OCCOCC#C)ccc2OC)c1.[C-]#[N+]c1cc(OC2CCN(C(=O)OC(C)(C)C)CC2)cc(-c2cc(O)ccc2OC)c1.[C-]#[N+]c1cc(OC2CCN(C(=O)OC(C)(C)C)CC2)cc(B2OC(C)(C)C(C)(C)O2)c1. The van der Waals surface area contributed by atoms with Crippen molar-refractivity contribution in [1.82, 2.24) is 19.6 Å². The van der Waals surface area contributed by atoms with E-state index in [0.717, 1.165) is 39.5 Å². The van der Waals surface area contributed by atoms with Gasteiger partial charge in [-0.25, -0.2) is 33.8 Å². The number of piperidine rings is 4. The first kappa shape index (κ1) is 93.2. The molecule has 632 valence electrons. The number of benzene rings is 6. The van der Waals surface area contributed by atoms with Gasteiger partial charge in [0.15, 0.2) is 22.7 Å². The quantitative estimate of drug-likeness (QED) is 0.0198. The Morgan fingerprint density at radius 3 is 1.25 bits per heavy atom. The second-order valence-electron chi connectivity index (χ2n) is 32.9. The van der Waals surface area contributed by atoms with Crippen LogP contribution in [-0.2, 0) is 33.1 Å². The van der Waals surface area contributed by atoms with E-state index in [1.165, 1.54) is 6.08 Å². The van der Waals surface area contributed by atoms with E-state index < -0.39 is 35.1 Å². The molecule has 0 aromatic heterocycles. The summed E-state index contributed by atoms with van der Waals surface area (Å²) in [7, 11) is 2.61. The fourth-order valence-electron chi connectivity index (χ4n) is 13.1. The van der Waals surface area contributed by atoms with Crippen LogP contribution in [0.25, 0.3) is 41.6 Å². The Morgan fingerprint density at radius 1 is 0.513 bits per heavy atom. The number of likely N-dealkylation sites (tertiary alicyclic amines) is 4. The summed E-state index contributed by atoms with van der Waals surface area (Å²) in [6, 6.07) is 31.8. The van der Waals surface area contributed by atoms with E-state index in [4.69, 9.17) is 94.1 Å². The van der Waals surface area contributed by atoms with Gasteiger partial charge in [-0.3, -0.25) is 4.79 Å². The second kappa shape index (κ2) is 42.4. The highest BCUT2D eigenvalue weighted by Crippen LogP contribution is 2.42. The van der Waals surface area contributed by atoms with Crippen molar-refractivity contribution in [1.29, 1.82) is 0 Å². The highest BCUT2D eigenvalue weighted by atomic mass is 79.9. The Morgan fingerprint density at radius 2 is 0.874 bits per heavy atom. The number of terminal acetylenes is 1. The van der Waals surface area contributed by atoms with Crippen LogP contribution in [0, 0.1) is 38.6 Å². The zero-order chi connectivity index (χ0) is 87.0. The predicted octanol–water partition coefficient (Wildman–Crippen LogP) is 19.0. The van der Waals surface area contributed by atoms with Crippen LogP contribution in [0.15, 0.2) is 126 Å². The molecule has 28 heteroatoms. The molecule has 5 heterocycles. The van der Waals surface area contributed by atoms with Crippen molar-refractivity contribution in [2.75, 3.05) is 86.4 Å². The summed E-state index contributed by atoms with van der Waals surface area (Å²) in [4.78, 5) is 69.4. The fourth-order valence-corrected chi connectivity index (χ4v) is 13.6. The Labute approximate surface area is 709 Å². The standard InChI is InChI=1S/C27H28N2O5.C24H28N2O5.C23H33BN2O5.C17H21BrN2O3/c1-5-13-32-14-15-33-23-7-8-26(31-4)25(19-23)20-16-21(28-3)18-24(17-20)34-22-9-11-29(12-10-22)27(30)6-2;1-24(2,3)31-23(28)26-10-8-19(9-11-26)30-20-13-16(12-17(14-20)25-4)21-15-18(27)6-7-22(21)29-5;1-21(2,3)29-20(27)26-11-9-18(10-12-26)28-19-14-16(13-17(15-19)25-8)24-30-22(4,5)23(6,7)31-24;1-17(2,3)23-16(21)20-7-5-14(6-8-20)22-15-10-12(18)9-13(11-15)19-4/h1,6-8,16-19,22H,2,9-15H2,4H3;6-7,12-15,19,27H,8-11H2,1-3,5H3;13-15,18H,9-12H2,1-7H3;9-11,14H,5-8H2,1-3H3. The van der Waals surface area contributed by atoms with Gasteiger partial charge >= 0.3 is 25.4 Å². The van der Waals surface area contributed by atoms with E-state index in [1.807, 2.05) is 132 Å². The Hall–Kier alpha value is -11.3. The predicted molar refractivity (Wildman–Crippen MR) is 460 cm³/mol. The topological polar surface area (TPSA) is 239 Å². The van der Waals surface area contributed by atoms with Crippen LogP contribution >= 0.6 is 15.9 Å². The zero-order valence-electron chi connectivity index (χ0n) is 70.9. The van der Waals surface area contributed by atoms with E-state index in [9.17, 15) is 24.3 Å². The number of halogens is 1. The summed E-state index contributed by atoms with van der Waals surface area (Å²) in [5, 5.41) is 9.90. The summed E-state index contributed by atoms with van der Waals surface area (Å²) in [5.41, 5.74) is 3.25. The molecule has 0 unspecified atom stereocenters. The van der Waals surface area contributed by atoms with E-state index in [0.29, 0.717) is 173 Å². The number of hydrogen-bond acceptors (Lipinski definition) is 18. The minimum atomic E-state index is -0.553. The molecule has 5 aliphatic heterocycles. The summed E-state index contributed by atoms with van der Waals surface area (Å²) < 4.78 is 75.9. The molecule has 11 rings (SSSR count). The number of ether oxygens (including phenoxy) is 11. The molecule has 0 aliphatic carbocycles. The van der Waals surface area contributed by atoms with E-state index >= 15 is 0 Å². The summed E-state index contributed by atoms with van der Waals surface area (Å²) >= 11 is 3.38. The lowest BCUT2D eigenvalue weighted by Gasteiger charge is -2.33. The van der Waals surface area contributed by atoms with Crippen molar-refractivity contribution < 1.29 is 85.7 Å². The molecule has 6 aromatic rings. The molecular weight excluding hydrogens is 1580 g/mol. The van der Waals surface area contributed by atoms with Crippen LogP contribution < -0.4 is 38.6 Å². The zero-order valence-corrected chi connectivity index (χ0v) is 72.5. The second-order valence-corrected chi connectivity index (χ2v) is 33.8. The van der Waals surface area contributed by atoms with E-state index in [2.05, 4.69) is 47.8 Å². The number of phenolic OH excluding ortho intramolecular Hbond substituents is 1. The highest BCUT2D eigenvalue weighted by Gasteiger charge is 2.52. The summed E-state index contributed by atoms with van der Waals surface area (Å²) in [6.45, 7) is 63.5. The summed E-state index contributed by atoms with van der Waals surface area (Å²) in [5.74, 6) is 6.84. The normalized spacial score (nSPS) is 16.2. The lowest BCUT2D eigenvalue weighted by Crippen LogP contribution is -2.44. The van der Waals surface area contributed by atoms with Gasteiger partial charge in [-0.05, 0) is 216 Å². The number of hydrogen-bond donors (Lipinski definition) is 1. The molecule has 5 aliphatic rings. The van der Waals surface area contributed by atoms with Gasteiger partial charge in [0.05, 0.1) is 58.3 Å². The van der Waals surface area contributed by atoms with Gasteiger partial charge < -0.3 is 86.1 Å². The van der Waals surface area contributed by atoms with Crippen LogP contribution in [0.5, 0.6) is 46.0 Å². The third-order valence-corrected chi connectivity index (χ3v) is 20.1. The number of methoxy groups -OCH3 is 2. The van der Waals surface area contributed by atoms with Gasteiger partial charge in [-0.15, -0.1) is 6.42 Å². The Kier molecular flexibility index (Phi) is 33.2. The van der Waals surface area contributed by atoms with Crippen LogP contribution in [0.4, 0.5) is 37.1 Å². The molecule has 0 spiro atoms. The molecule has 26 nitrogen and oxygen atoms in total. The van der Waals surface area contributed by atoms with Crippen LogP contribution in [0.1, 0.15) is 141 Å². The molecule has 1 N–H and O–H groups in total. The maximum atomic E-state index is 12.3. The first-order valence-corrected chi connectivity index (χ1v) is 40.4. The molecule has 119 heavy (non-hydrogen) atoms. The van der Waals surface area contributed by atoms with Crippen molar-refractivity contribution in [2.24, 2.45) is 0 Å². The van der Waals surface area contributed by atoms with Gasteiger partial charge in [0.1, 0.15) is 100 Å². The first-order valence-electron chi connectivity index (χ1n) is 39.6. The number of aromatic hydroxyl groups is 1. The number of nitrogens with zero attached hydrogens (tertiary/aromatic N) is 8. The minimum absolute atomic E-state index is 0.0363. The van der Waals surface area contributed by atoms with Gasteiger partial charge in [-0.2, -0.15) is 0 Å². The van der Waals surface area contributed by atoms with Crippen LogP contribution in [0.2, 0.25) is 0 Å². The molecule has 0 radical (unpaired) electrons. The number of carbonyl (C=O) groups is 4. The molecule has 5 saturated heterocycles. The van der Waals surface area contributed by atoms with Crippen LogP contribution in [0.3, 0.4) is 0 Å². The average Bonchev–Trinajstić information content (AvgIpc) is 1.63. The van der Waals surface area contributed by atoms with Crippen molar-refractivity contribution in [3.63, 3.8) is 0 Å². The lowest BCUT2D eigenvalue weighted by atomic mass is 9.79. The van der Waals surface area contributed by atoms with E-state index in [-0.39, 0.29) is 61.0 Å². The number of phenols is 1. The van der Waals surface area contributed by atoms with Crippen molar-refractivity contribution >= 4 is 75.4 Å². The molecule has 5 fully saturated rings. The summed E-state index contributed by atoms with van der Waals surface area (Å²) in [6.07, 6.45) is 11.2. The average molecular weight is 1690 g/mol. The Balaban J connectivity index is 0.000000199. The molecule has 4 amide bonds. The number of rotatable bonds is 19. The van der Waals surface area contributed by atoms with Crippen molar-refractivity contribution in [3.8, 4) is 80.6 Å².